The molecule has 754 valence electrons. The van der Waals surface area contributed by atoms with Crippen LogP contribution in [0.4, 0.5) is 22.7 Å². The van der Waals surface area contributed by atoms with Crippen LogP contribution < -0.4 is 57.5 Å². The fourth-order valence-corrected chi connectivity index (χ4v) is 21.9. The topological polar surface area (TPSA) is 249 Å². The molecule has 2 bridgehead atoms. The van der Waals surface area contributed by atoms with Crippen LogP contribution in [-0.4, -0.2) is 247 Å². The highest BCUT2D eigenvalue weighted by Crippen LogP contribution is 2.46. The number of rotatable bonds is 29. The maximum absolute atomic E-state index is 13.9. The van der Waals surface area contributed by atoms with E-state index in [1.54, 1.807) is 111 Å². The van der Waals surface area contributed by atoms with Crippen molar-refractivity contribution in [2.45, 2.75) is 103 Å². The lowest BCUT2D eigenvalue weighted by Crippen LogP contribution is -2.53. The number of carbonyl (C=O) groups excluding carboxylic acids is 8. The molecule has 12 aromatic rings. The molecule has 28 heteroatoms. The summed E-state index contributed by atoms with van der Waals surface area (Å²) in [5, 5.41) is 0. The van der Waals surface area contributed by atoms with Gasteiger partial charge in [-0.05, 0) is 175 Å². The highest BCUT2D eigenvalue weighted by molar-refractivity contribution is 6.26. The van der Waals surface area contributed by atoms with Gasteiger partial charge in [-0.15, -0.1) is 0 Å². The number of methoxy groups -OCH3 is 8. The summed E-state index contributed by atoms with van der Waals surface area (Å²) in [6.45, 7) is 20.7. The second-order valence-electron chi connectivity index (χ2n) is 37.9. The lowest BCUT2D eigenvalue weighted by Gasteiger charge is -2.42. The van der Waals surface area contributed by atoms with Crippen molar-refractivity contribution < 1.29 is 76.3 Å². The van der Waals surface area contributed by atoms with Gasteiger partial charge < -0.3 is 57.5 Å². The Bertz CT molecular complexity index is 6760. The Morgan fingerprint density at radius 3 is 0.925 bits per heavy atom. The van der Waals surface area contributed by atoms with E-state index in [4.69, 9.17) is 37.9 Å². The predicted molar refractivity (Wildman–Crippen MR) is 562 cm³/mol. The van der Waals surface area contributed by atoms with E-state index < -0.39 is 6.04 Å². The summed E-state index contributed by atoms with van der Waals surface area (Å²) >= 11 is 0. The number of piperazine rings is 4. The number of nitrogens with zero attached hydrogens (tertiary/aromatic N) is 12. The summed E-state index contributed by atoms with van der Waals surface area (Å²) in [6.07, 6.45) is 2.90. The number of amides is 8. The highest BCUT2D eigenvalue weighted by atomic mass is 16.5. The summed E-state index contributed by atoms with van der Waals surface area (Å²) in [4.78, 5) is 132. The first-order chi connectivity index (χ1) is 71.1. The molecule has 0 spiro atoms. The Morgan fingerprint density at radius 1 is 0.267 bits per heavy atom. The molecule has 5 fully saturated rings. The van der Waals surface area contributed by atoms with Gasteiger partial charge in [0.2, 0.25) is 0 Å². The molecule has 5 atom stereocenters. The van der Waals surface area contributed by atoms with Crippen molar-refractivity contribution in [3.05, 3.63) is 356 Å². The second-order valence-corrected chi connectivity index (χ2v) is 37.9. The number of anilines is 4. The first kappa shape index (κ1) is 101. The van der Waals surface area contributed by atoms with Gasteiger partial charge in [0, 0.05) is 129 Å². The zero-order chi connectivity index (χ0) is 102. The van der Waals surface area contributed by atoms with E-state index in [9.17, 15) is 38.4 Å². The molecule has 0 saturated carbocycles. The minimum atomic E-state index is -0.404. The van der Waals surface area contributed by atoms with E-state index in [2.05, 4.69) is 156 Å². The minimum Gasteiger partial charge on any atom is -0.493 e. The Balaban J connectivity index is 0.000000128. The zero-order valence-corrected chi connectivity index (χ0v) is 84.7. The van der Waals surface area contributed by atoms with Crippen molar-refractivity contribution in [2.24, 2.45) is 0 Å². The number of imide groups is 4. The van der Waals surface area contributed by atoms with Gasteiger partial charge in [-0.25, -0.2) is 0 Å². The quantitative estimate of drug-likeness (QED) is 0.0395. The standard InChI is InChI=1S/C31H35N3O4.C30H31N3O4.C29H31N3O4.C28H29N3O4/c1-5-25(23-14-15-27(37-3)28(20-23)38-4)34-30(35)24-12-9-13-26(29(24)31(34)36)33-18-16-32(17-19-33)21(2)22-10-7-6-8-11-22;1-36-26-14-11-21(15-27(26)37-2)17-33-29(34)24-9-6-10-25(28(24)30(33)35)31-18-22-12-13-23(19-31)32(22)16-20-7-4-3-5-8-20;1-20(22-8-5-4-6-9-22)30-14-16-31(17-15-30)24-11-7-10-23-27(24)29(34)32(28(23)33)19-21-12-13-25(35-2)26(18-21)36-3;1-34-24-12-11-21(17-25(24)35-2)19-31-27(32)22-9-6-10-23(26(22)28(31)33)30-15-13-29(14-16-30)18-20-7-4-3-5-8-20/h6-15,20-21,25H,5,16-19H2,1-4H3;3-11,14-15,22-23H,12-13,16-19H2,1-2H3;4-13,18,20H,14-17,19H2,1-3H3;3-12,17H,13-16,18-19H2,1-2H3/t21-,25?;;;/m1.../s1. The monoisotopic (exact) mass is 1970 g/mol. The van der Waals surface area contributed by atoms with Crippen molar-refractivity contribution in [1.82, 2.24) is 39.2 Å². The summed E-state index contributed by atoms with van der Waals surface area (Å²) in [6, 6.07) is 87.6. The third-order valence-electron chi connectivity index (χ3n) is 29.8. The van der Waals surface area contributed by atoms with Crippen LogP contribution >= 0.6 is 0 Å². The van der Waals surface area contributed by atoms with Crippen LogP contribution in [0.1, 0.15) is 186 Å². The van der Waals surface area contributed by atoms with Gasteiger partial charge >= 0.3 is 0 Å². The highest BCUT2D eigenvalue weighted by Gasteiger charge is 2.48. The molecule has 28 nitrogen and oxygen atoms in total. The molecule has 0 radical (unpaired) electrons. The van der Waals surface area contributed by atoms with E-state index in [1.165, 1.54) is 41.9 Å². The largest absolute Gasteiger partial charge is 0.493 e. The van der Waals surface area contributed by atoms with E-state index in [1.807, 2.05) is 116 Å². The van der Waals surface area contributed by atoms with Crippen LogP contribution in [0.3, 0.4) is 0 Å². The van der Waals surface area contributed by atoms with Crippen LogP contribution in [0.15, 0.2) is 267 Å². The van der Waals surface area contributed by atoms with E-state index in [-0.39, 0.29) is 66.9 Å². The molecule has 9 aliphatic heterocycles. The summed E-state index contributed by atoms with van der Waals surface area (Å²) in [5.74, 6) is 2.72. The van der Waals surface area contributed by atoms with E-state index >= 15 is 0 Å². The lowest BCUT2D eigenvalue weighted by atomic mass is 10.0. The number of ether oxygens (including phenoxy) is 8. The maximum atomic E-state index is 13.9. The van der Waals surface area contributed by atoms with Crippen molar-refractivity contribution in [3.8, 4) is 46.0 Å². The van der Waals surface area contributed by atoms with Crippen LogP contribution in [0.5, 0.6) is 46.0 Å². The summed E-state index contributed by atoms with van der Waals surface area (Å²) in [5.41, 5.74) is 15.9. The predicted octanol–water partition coefficient (Wildman–Crippen LogP) is 17.9. The fraction of sp³-hybridized carbons (Fsp3) is 0.322. The number of hydrogen-bond acceptors (Lipinski definition) is 24. The van der Waals surface area contributed by atoms with E-state index in [0.29, 0.717) is 121 Å². The van der Waals surface area contributed by atoms with Gasteiger partial charge in [0.05, 0.1) is 150 Å². The number of fused-ring (bicyclic) bond motifs is 6. The molecular formula is C118H126N12O16. The van der Waals surface area contributed by atoms with Crippen molar-refractivity contribution in [2.75, 3.05) is 168 Å². The van der Waals surface area contributed by atoms with Crippen LogP contribution in [0.2, 0.25) is 0 Å². The van der Waals surface area contributed by atoms with Gasteiger partial charge in [0.15, 0.2) is 46.0 Å². The lowest BCUT2D eigenvalue weighted by molar-refractivity contribution is 0.0570. The normalized spacial score (nSPS) is 17.8. The smallest absolute Gasteiger partial charge is 0.264 e. The second kappa shape index (κ2) is 45.3. The average molecular weight is 1970 g/mol. The average Bonchev–Trinajstić information content (AvgIpc) is 1.57. The third kappa shape index (κ3) is 20.8. The first-order valence-electron chi connectivity index (χ1n) is 50.1. The van der Waals surface area contributed by atoms with E-state index in [0.717, 1.165) is 163 Å². The third-order valence-corrected chi connectivity index (χ3v) is 29.8. The van der Waals surface area contributed by atoms with Gasteiger partial charge in [-0.3, -0.25) is 77.6 Å². The Kier molecular flexibility index (Phi) is 31.2. The molecule has 12 aromatic carbocycles. The SMILES string of the molecule is CCC(c1ccc(OC)c(OC)c1)N1C(=O)c2cccc(N3CCN([C@H](C)c4ccccc4)CC3)c2C1=O.COc1ccc(CN2C(=O)c3cccc(N4CC5CCC(C4)N5Cc4ccccc4)c3C2=O)cc1OC.COc1ccc(CN2C(=O)c3cccc(N4CCN(C(C)c5ccccc5)CC4)c3C2=O)cc1OC.COc1ccc(CN2C(=O)c3cccc(N4CCN(Cc5ccccc5)CC4)c3C2=O)cc1OC. The molecule has 8 amide bonds. The van der Waals surface area contributed by atoms with Crippen LogP contribution in [-0.2, 0) is 32.7 Å². The number of carbonyl (C=O) groups is 8. The molecule has 146 heavy (non-hydrogen) atoms. The summed E-state index contributed by atoms with van der Waals surface area (Å²) < 4.78 is 42.9. The van der Waals surface area contributed by atoms with Crippen LogP contribution in [0, 0.1) is 0 Å². The Hall–Kier alpha value is -15.4. The Labute approximate surface area is 853 Å². The van der Waals surface area contributed by atoms with Crippen LogP contribution in [0.25, 0.3) is 0 Å². The molecule has 9 heterocycles. The molecule has 0 aromatic heterocycles. The van der Waals surface area contributed by atoms with Crippen molar-refractivity contribution in [1.29, 1.82) is 0 Å². The zero-order valence-electron chi connectivity index (χ0n) is 84.7. The van der Waals surface area contributed by atoms with Gasteiger partial charge in [-0.1, -0.05) is 177 Å². The number of benzene rings is 12. The van der Waals surface area contributed by atoms with Crippen molar-refractivity contribution >= 4 is 70.0 Å². The Morgan fingerprint density at radius 2 is 0.575 bits per heavy atom. The molecule has 21 rings (SSSR count). The maximum Gasteiger partial charge on any atom is 0.264 e. The molecule has 5 saturated heterocycles. The molecule has 9 aliphatic rings. The molecular weight excluding hydrogens is 1840 g/mol. The molecule has 4 unspecified atom stereocenters. The first-order valence-corrected chi connectivity index (χ1v) is 50.1. The fourth-order valence-electron chi connectivity index (χ4n) is 21.9. The van der Waals surface area contributed by atoms with Gasteiger partial charge in [0.1, 0.15) is 0 Å². The molecule has 0 N–H and O–H groups in total. The van der Waals surface area contributed by atoms with Gasteiger partial charge in [-0.2, -0.15) is 0 Å². The number of hydrogen-bond donors (Lipinski definition) is 0. The van der Waals surface area contributed by atoms with Crippen molar-refractivity contribution in [3.63, 3.8) is 0 Å². The summed E-state index contributed by atoms with van der Waals surface area (Å²) in [7, 11) is 12.6. The molecule has 0 aliphatic carbocycles. The van der Waals surface area contributed by atoms with Gasteiger partial charge in [0.25, 0.3) is 47.3 Å². The minimum absolute atomic E-state index is 0.175.